The normalized spacial score (nSPS) is 12.2. The van der Waals surface area contributed by atoms with E-state index in [4.69, 9.17) is 23.2 Å². The fourth-order valence-corrected chi connectivity index (χ4v) is 3.88. The molecule has 2 heterocycles. The number of anilines is 2. The summed E-state index contributed by atoms with van der Waals surface area (Å²) in [5.74, 6) is 0.588. The maximum Gasteiger partial charge on any atom is 0.238 e. The lowest BCUT2D eigenvalue weighted by Gasteiger charge is -2.10. The van der Waals surface area contributed by atoms with Crippen molar-refractivity contribution < 1.29 is 4.79 Å². The average molecular weight is 406 g/mol. The Kier molecular flexibility index (Phi) is 7.09. The van der Waals surface area contributed by atoms with Crippen molar-refractivity contribution in [1.29, 1.82) is 0 Å². The Morgan fingerprint density at radius 2 is 2.08 bits per heavy atom. The van der Waals surface area contributed by atoms with Gasteiger partial charge < -0.3 is 10.6 Å². The largest absolute Gasteiger partial charge is 0.360 e. The molecule has 6 nitrogen and oxygen atoms in total. The number of rotatable bonds is 7. The van der Waals surface area contributed by atoms with Gasteiger partial charge in [0.25, 0.3) is 0 Å². The summed E-state index contributed by atoms with van der Waals surface area (Å²) in [5.41, 5.74) is 0. The summed E-state index contributed by atoms with van der Waals surface area (Å²) in [6.45, 7) is 6.85. The lowest BCUT2D eigenvalue weighted by molar-refractivity contribution is -0.115. The van der Waals surface area contributed by atoms with Crippen molar-refractivity contribution in [3.8, 4) is 0 Å². The fraction of sp³-hybridized carbons (Fsp3) is 0.429. The first-order valence-corrected chi connectivity index (χ1v) is 9.66. The molecule has 24 heavy (non-hydrogen) atoms. The number of hydrogen-bond acceptors (Lipinski definition) is 7. The van der Waals surface area contributed by atoms with Gasteiger partial charge in [-0.2, -0.15) is 0 Å². The third-order valence-electron chi connectivity index (χ3n) is 2.76. The number of thioether (sulfide) groups is 1. The average Bonchev–Trinajstić information content (AvgIpc) is 2.95. The first-order chi connectivity index (χ1) is 11.3. The van der Waals surface area contributed by atoms with E-state index in [0.717, 1.165) is 16.0 Å². The van der Waals surface area contributed by atoms with Crippen LogP contribution in [-0.4, -0.2) is 32.9 Å². The minimum absolute atomic E-state index is 0.219. The summed E-state index contributed by atoms with van der Waals surface area (Å²) in [6, 6.07) is 1.53. The van der Waals surface area contributed by atoms with Crippen molar-refractivity contribution in [3.63, 3.8) is 0 Å². The molecule has 0 aliphatic rings. The van der Waals surface area contributed by atoms with Crippen LogP contribution in [0.1, 0.15) is 20.8 Å². The Hall–Kier alpha value is -1.09. The van der Waals surface area contributed by atoms with Crippen molar-refractivity contribution in [3.05, 3.63) is 22.3 Å². The molecule has 130 valence electrons. The molecule has 0 fully saturated rings. The van der Waals surface area contributed by atoms with Crippen LogP contribution in [0.15, 0.2) is 16.6 Å². The molecule has 0 spiro atoms. The van der Waals surface area contributed by atoms with E-state index in [9.17, 15) is 4.79 Å². The highest BCUT2D eigenvalue weighted by atomic mass is 35.5. The second kappa shape index (κ2) is 8.84. The van der Waals surface area contributed by atoms with Gasteiger partial charge in [0, 0.05) is 12.7 Å². The molecule has 0 aromatic carbocycles. The Morgan fingerprint density at radius 1 is 1.33 bits per heavy atom. The highest BCUT2D eigenvalue weighted by molar-refractivity contribution is 8.02. The lowest BCUT2D eigenvalue weighted by Crippen LogP contribution is -2.23. The second-order valence-corrected chi connectivity index (χ2v) is 8.79. The van der Waals surface area contributed by atoms with Crippen molar-refractivity contribution in [2.75, 3.05) is 17.2 Å². The van der Waals surface area contributed by atoms with Gasteiger partial charge in [-0.25, -0.2) is 4.98 Å². The van der Waals surface area contributed by atoms with Crippen LogP contribution in [-0.2, 0) is 4.79 Å². The molecule has 2 aromatic rings. The number of carbonyl (C=O) groups excluding carboxylic acids is 1. The van der Waals surface area contributed by atoms with Crippen molar-refractivity contribution in [2.45, 2.75) is 30.4 Å². The van der Waals surface area contributed by atoms with Crippen molar-refractivity contribution in [2.24, 2.45) is 5.92 Å². The molecule has 0 aliphatic carbocycles. The Bertz CT molecular complexity index is 710. The van der Waals surface area contributed by atoms with Gasteiger partial charge in [-0.3, -0.25) is 4.79 Å². The van der Waals surface area contributed by atoms with Gasteiger partial charge in [0.15, 0.2) is 10.2 Å². The highest BCUT2D eigenvalue weighted by Gasteiger charge is 2.19. The summed E-state index contributed by atoms with van der Waals surface area (Å²) < 4.78 is 0.721. The third kappa shape index (κ3) is 5.77. The lowest BCUT2D eigenvalue weighted by atomic mass is 10.2. The SMILES string of the molecule is CC(C)CNc1nnc(S[C@@H](C)C(=O)Nc2ncc(Cl)cc2Cl)s1. The monoisotopic (exact) mass is 405 g/mol. The molecule has 1 amide bonds. The van der Waals surface area contributed by atoms with Gasteiger partial charge in [-0.15, -0.1) is 10.2 Å². The summed E-state index contributed by atoms with van der Waals surface area (Å²) in [6.07, 6.45) is 1.43. The van der Waals surface area contributed by atoms with E-state index in [1.54, 1.807) is 6.92 Å². The summed E-state index contributed by atoms with van der Waals surface area (Å²) in [4.78, 5) is 16.3. The minimum Gasteiger partial charge on any atom is -0.360 e. The standard InChI is InChI=1S/C14H17Cl2N5OS2/c1-7(2)5-18-13-20-21-14(24-13)23-8(3)12(22)19-11-10(16)4-9(15)6-17-11/h4,6-8H,5H2,1-3H3,(H,18,20)(H,17,19,22)/t8-/m0/s1. The molecular formula is C14H17Cl2N5OS2. The van der Waals surface area contributed by atoms with Gasteiger partial charge in [-0.1, -0.05) is 60.1 Å². The van der Waals surface area contributed by atoms with Crippen LogP contribution in [0.25, 0.3) is 0 Å². The molecule has 2 N–H and O–H groups in total. The quantitative estimate of drug-likeness (QED) is 0.663. The smallest absolute Gasteiger partial charge is 0.238 e. The van der Waals surface area contributed by atoms with E-state index >= 15 is 0 Å². The molecule has 2 aromatic heterocycles. The summed E-state index contributed by atoms with van der Waals surface area (Å²) >= 11 is 14.5. The van der Waals surface area contributed by atoms with Crippen LogP contribution in [0.5, 0.6) is 0 Å². The molecule has 10 heteroatoms. The molecule has 0 saturated heterocycles. The molecule has 2 rings (SSSR count). The maximum absolute atomic E-state index is 12.3. The van der Waals surface area contributed by atoms with Crippen LogP contribution in [0.3, 0.4) is 0 Å². The van der Waals surface area contributed by atoms with Crippen LogP contribution in [0, 0.1) is 5.92 Å². The molecule has 0 saturated carbocycles. The predicted molar refractivity (Wildman–Crippen MR) is 101 cm³/mol. The van der Waals surface area contributed by atoms with Gasteiger partial charge >= 0.3 is 0 Å². The Labute approximate surface area is 158 Å². The Balaban J connectivity index is 1.91. The molecule has 0 unspecified atom stereocenters. The minimum atomic E-state index is -0.371. The first-order valence-electron chi connectivity index (χ1n) is 7.21. The van der Waals surface area contributed by atoms with Gasteiger partial charge in [-0.05, 0) is 18.9 Å². The number of aromatic nitrogens is 3. The summed E-state index contributed by atoms with van der Waals surface area (Å²) in [7, 11) is 0. The molecule has 0 radical (unpaired) electrons. The number of pyridine rings is 1. The van der Waals surface area contributed by atoms with Crippen molar-refractivity contribution >= 4 is 63.2 Å². The van der Waals surface area contributed by atoms with E-state index in [0.29, 0.717) is 16.0 Å². The zero-order valence-corrected chi connectivity index (χ0v) is 16.5. The van der Waals surface area contributed by atoms with Crippen molar-refractivity contribution in [1.82, 2.24) is 15.2 Å². The van der Waals surface area contributed by atoms with E-state index < -0.39 is 0 Å². The highest BCUT2D eigenvalue weighted by Crippen LogP contribution is 2.30. The molecular weight excluding hydrogens is 389 g/mol. The number of carbonyl (C=O) groups is 1. The van der Waals surface area contributed by atoms with Crippen LogP contribution in [0.4, 0.5) is 10.9 Å². The number of halogens is 2. The number of nitrogens with one attached hydrogen (secondary N) is 2. The fourth-order valence-electron chi connectivity index (χ4n) is 1.55. The topological polar surface area (TPSA) is 79.8 Å². The number of hydrogen-bond donors (Lipinski definition) is 2. The van der Waals surface area contributed by atoms with E-state index in [1.807, 2.05) is 0 Å². The van der Waals surface area contributed by atoms with Crippen LogP contribution < -0.4 is 10.6 Å². The van der Waals surface area contributed by atoms with Gasteiger partial charge in [0.2, 0.25) is 11.0 Å². The zero-order chi connectivity index (χ0) is 17.7. The maximum atomic E-state index is 12.3. The molecule has 0 bridgehead atoms. The summed E-state index contributed by atoms with van der Waals surface area (Å²) in [5, 5.41) is 15.1. The van der Waals surface area contributed by atoms with E-state index in [1.165, 1.54) is 35.4 Å². The van der Waals surface area contributed by atoms with Crippen LogP contribution >= 0.6 is 46.3 Å². The van der Waals surface area contributed by atoms with E-state index in [2.05, 4.69) is 39.7 Å². The molecule has 0 aliphatic heterocycles. The Morgan fingerprint density at radius 3 is 2.75 bits per heavy atom. The molecule has 1 atom stereocenters. The number of nitrogens with zero attached hydrogens (tertiary/aromatic N) is 3. The first kappa shape index (κ1) is 19.2. The van der Waals surface area contributed by atoms with E-state index in [-0.39, 0.29) is 17.0 Å². The van der Waals surface area contributed by atoms with Gasteiger partial charge in [0.1, 0.15) is 0 Å². The predicted octanol–water partition coefficient (Wildman–Crippen LogP) is 4.43. The number of amides is 1. The van der Waals surface area contributed by atoms with Crippen LogP contribution in [0.2, 0.25) is 10.0 Å². The third-order valence-corrected chi connectivity index (χ3v) is 5.32. The van der Waals surface area contributed by atoms with Gasteiger partial charge in [0.05, 0.1) is 15.3 Å². The zero-order valence-electron chi connectivity index (χ0n) is 13.3. The second-order valence-electron chi connectivity index (χ2n) is 5.38.